The van der Waals surface area contributed by atoms with Crippen molar-refractivity contribution in [1.82, 2.24) is 10.2 Å². The summed E-state index contributed by atoms with van der Waals surface area (Å²) in [5.74, 6) is 0.255. The number of benzene rings is 1. The first-order valence-electron chi connectivity index (χ1n) is 6.58. The molecule has 1 unspecified atom stereocenters. The standard InChI is InChI=1S/C14H20Br2N2O/c1-9(18(2)11-3-4-11)7-17-8-10-5-12(15)14(19)13(16)6-10/h5-6,9,11,17,19H,3-4,7-8H2,1-2H3. The number of halogens is 2. The van der Waals surface area contributed by atoms with E-state index in [0.717, 1.165) is 33.6 Å². The summed E-state index contributed by atoms with van der Waals surface area (Å²) in [5.41, 5.74) is 1.15. The maximum atomic E-state index is 9.66. The van der Waals surface area contributed by atoms with E-state index in [2.05, 4.69) is 56.0 Å². The molecule has 2 rings (SSSR count). The highest BCUT2D eigenvalue weighted by Gasteiger charge is 2.28. The van der Waals surface area contributed by atoms with Gasteiger partial charge in [0.05, 0.1) is 8.95 Å². The van der Waals surface area contributed by atoms with Gasteiger partial charge < -0.3 is 10.4 Å². The number of nitrogens with zero attached hydrogens (tertiary/aromatic N) is 1. The number of hydrogen-bond acceptors (Lipinski definition) is 3. The van der Waals surface area contributed by atoms with E-state index in [9.17, 15) is 5.11 Å². The van der Waals surface area contributed by atoms with E-state index in [1.165, 1.54) is 12.8 Å². The zero-order valence-corrected chi connectivity index (χ0v) is 14.5. The number of phenols is 1. The number of likely N-dealkylation sites (N-methyl/N-ethyl adjacent to an activating group) is 1. The summed E-state index contributed by atoms with van der Waals surface area (Å²) < 4.78 is 1.45. The lowest BCUT2D eigenvalue weighted by Crippen LogP contribution is -2.38. The Morgan fingerprint density at radius 2 is 1.95 bits per heavy atom. The smallest absolute Gasteiger partial charge is 0.143 e. The van der Waals surface area contributed by atoms with Crippen LogP contribution in [0.4, 0.5) is 0 Å². The lowest BCUT2D eigenvalue weighted by atomic mass is 10.2. The number of aromatic hydroxyl groups is 1. The molecular formula is C14H20Br2N2O. The Morgan fingerprint density at radius 1 is 1.37 bits per heavy atom. The van der Waals surface area contributed by atoms with E-state index >= 15 is 0 Å². The summed E-state index contributed by atoms with van der Waals surface area (Å²) in [6.07, 6.45) is 2.69. The van der Waals surface area contributed by atoms with Crippen molar-refractivity contribution in [3.05, 3.63) is 26.6 Å². The third-order valence-electron chi connectivity index (χ3n) is 3.66. The summed E-state index contributed by atoms with van der Waals surface area (Å²) in [6, 6.07) is 5.25. The summed E-state index contributed by atoms with van der Waals surface area (Å²) in [4.78, 5) is 2.45. The fourth-order valence-corrected chi connectivity index (χ4v) is 3.41. The molecule has 1 fully saturated rings. The monoisotopic (exact) mass is 390 g/mol. The molecule has 2 N–H and O–H groups in total. The van der Waals surface area contributed by atoms with Crippen LogP contribution in [-0.2, 0) is 6.54 Å². The van der Waals surface area contributed by atoms with Crippen molar-refractivity contribution in [2.24, 2.45) is 0 Å². The lowest BCUT2D eigenvalue weighted by Gasteiger charge is -2.24. The van der Waals surface area contributed by atoms with E-state index < -0.39 is 0 Å². The van der Waals surface area contributed by atoms with Gasteiger partial charge in [-0.15, -0.1) is 0 Å². The predicted octanol–water partition coefficient (Wildman–Crippen LogP) is 3.49. The molecule has 5 heteroatoms. The summed E-state index contributed by atoms with van der Waals surface area (Å²) >= 11 is 6.70. The molecule has 0 radical (unpaired) electrons. The first-order chi connectivity index (χ1) is 8.99. The Morgan fingerprint density at radius 3 is 2.47 bits per heavy atom. The number of phenolic OH excluding ortho intramolecular Hbond substituents is 1. The van der Waals surface area contributed by atoms with Crippen LogP contribution in [0.15, 0.2) is 21.1 Å². The second kappa shape index (κ2) is 6.57. The van der Waals surface area contributed by atoms with E-state index in [1.54, 1.807) is 0 Å². The second-order valence-electron chi connectivity index (χ2n) is 5.28. The van der Waals surface area contributed by atoms with Crippen LogP contribution in [0.2, 0.25) is 0 Å². The summed E-state index contributed by atoms with van der Waals surface area (Å²) in [6.45, 7) is 4.04. The zero-order valence-electron chi connectivity index (χ0n) is 11.3. The Bertz CT molecular complexity index is 426. The number of hydrogen-bond donors (Lipinski definition) is 2. The zero-order chi connectivity index (χ0) is 14.0. The fraction of sp³-hybridized carbons (Fsp3) is 0.571. The first kappa shape index (κ1) is 15.3. The molecule has 0 aliphatic heterocycles. The molecule has 1 atom stereocenters. The second-order valence-corrected chi connectivity index (χ2v) is 6.99. The van der Waals surface area contributed by atoms with Crippen molar-refractivity contribution in [3.8, 4) is 5.75 Å². The van der Waals surface area contributed by atoms with Gasteiger partial charge in [-0.1, -0.05) is 0 Å². The third-order valence-corrected chi connectivity index (χ3v) is 4.87. The molecule has 0 heterocycles. The molecule has 0 spiro atoms. The Balaban J connectivity index is 1.82. The number of nitrogens with one attached hydrogen (secondary N) is 1. The minimum Gasteiger partial charge on any atom is -0.506 e. The molecule has 0 aromatic heterocycles. The van der Waals surface area contributed by atoms with E-state index in [4.69, 9.17) is 0 Å². The van der Waals surface area contributed by atoms with Crippen molar-refractivity contribution in [3.63, 3.8) is 0 Å². The Kier molecular flexibility index (Phi) is 5.29. The molecule has 1 aromatic carbocycles. The maximum absolute atomic E-state index is 9.66. The van der Waals surface area contributed by atoms with Crippen LogP contribution in [-0.4, -0.2) is 35.7 Å². The van der Waals surface area contributed by atoms with Gasteiger partial charge in [0.15, 0.2) is 0 Å². The van der Waals surface area contributed by atoms with Crippen LogP contribution in [0.5, 0.6) is 5.75 Å². The molecule has 0 bridgehead atoms. The van der Waals surface area contributed by atoms with E-state index in [0.29, 0.717) is 6.04 Å². The van der Waals surface area contributed by atoms with Gasteiger partial charge in [0.2, 0.25) is 0 Å². The van der Waals surface area contributed by atoms with Crippen LogP contribution in [0.1, 0.15) is 25.3 Å². The molecule has 1 saturated carbocycles. The van der Waals surface area contributed by atoms with Crippen LogP contribution in [0.25, 0.3) is 0 Å². The average molecular weight is 392 g/mol. The molecule has 3 nitrogen and oxygen atoms in total. The average Bonchev–Trinajstić information content (AvgIpc) is 3.19. The molecule has 0 saturated heterocycles. The first-order valence-corrected chi connectivity index (χ1v) is 8.17. The molecule has 1 aliphatic carbocycles. The highest BCUT2D eigenvalue weighted by atomic mass is 79.9. The van der Waals surface area contributed by atoms with Crippen molar-refractivity contribution in [2.75, 3.05) is 13.6 Å². The van der Waals surface area contributed by atoms with Crippen LogP contribution < -0.4 is 5.32 Å². The minimum absolute atomic E-state index is 0.255. The Hall–Kier alpha value is -0.100. The quantitative estimate of drug-likeness (QED) is 0.779. The van der Waals surface area contributed by atoms with Crippen molar-refractivity contribution in [2.45, 2.75) is 38.4 Å². The Labute approximate surface area is 131 Å². The minimum atomic E-state index is 0.255. The van der Waals surface area contributed by atoms with Crippen LogP contribution in [0.3, 0.4) is 0 Å². The van der Waals surface area contributed by atoms with Crippen molar-refractivity contribution >= 4 is 31.9 Å². The largest absolute Gasteiger partial charge is 0.506 e. The molecule has 1 aromatic rings. The molecule has 0 amide bonds. The summed E-state index contributed by atoms with van der Waals surface area (Å²) in [5, 5.41) is 13.1. The molecular weight excluding hydrogens is 372 g/mol. The van der Waals surface area contributed by atoms with Gasteiger partial charge in [0.25, 0.3) is 0 Å². The molecule has 1 aliphatic rings. The van der Waals surface area contributed by atoms with Gasteiger partial charge in [0.1, 0.15) is 5.75 Å². The van der Waals surface area contributed by atoms with Gasteiger partial charge in [-0.05, 0) is 76.4 Å². The predicted molar refractivity (Wildman–Crippen MR) is 85.5 cm³/mol. The van der Waals surface area contributed by atoms with Crippen LogP contribution >= 0.6 is 31.9 Å². The van der Waals surface area contributed by atoms with Crippen LogP contribution in [0, 0.1) is 0 Å². The van der Waals surface area contributed by atoms with Crippen molar-refractivity contribution < 1.29 is 5.11 Å². The summed E-state index contributed by atoms with van der Waals surface area (Å²) in [7, 11) is 2.21. The third kappa shape index (κ3) is 4.18. The van der Waals surface area contributed by atoms with Gasteiger partial charge in [-0.3, -0.25) is 4.90 Å². The lowest BCUT2D eigenvalue weighted by molar-refractivity contribution is 0.241. The topological polar surface area (TPSA) is 35.5 Å². The molecule has 106 valence electrons. The number of rotatable bonds is 6. The van der Waals surface area contributed by atoms with Gasteiger partial charge in [0, 0.05) is 25.2 Å². The highest BCUT2D eigenvalue weighted by molar-refractivity contribution is 9.11. The van der Waals surface area contributed by atoms with Crippen molar-refractivity contribution in [1.29, 1.82) is 0 Å². The maximum Gasteiger partial charge on any atom is 0.143 e. The van der Waals surface area contributed by atoms with Gasteiger partial charge >= 0.3 is 0 Å². The van der Waals surface area contributed by atoms with Gasteiger partial charge in [-0.2, -0.15) is 0 Å². The fourth-order valence-electron chi connectivity index (χ4n) is 2.13. The SMILES string of the molecule is CC(CNCc1cc(Br)c(O)c(Br)c1)N(C)C1CC1. The normalized spacial score (nSPS) is 16.9. The van der Waals surface area contributed by atoms with E-state index in [-0.39, 0.29) is 5.75 Å². The van der Waals surface area contributed by atoms with E-state index in [1.807, 2.05) is 12.1 Å². The molecule has 19 heavy (non-hydrogen) atoms. The highest BCUT2D eigenvalue weighted by Crippen LogP contribution is 2.33. The van der Waals surface area contributed by atoms with Gasteiger partial charge in [-0.25, -0.2) is 0 Å².